The maximum absolute atomic E-state index is 10.6. The lowest BCUT2D eigenvalue weighted by Crippen LogP contribution is -2.16. The van der Waals surface area contributed by atoms with Gasteiger partial charge in [0.25, 0.3) is 0 Å². The molecule has 0 amide bonds. The highest BCUT2D eigenvalue weighted by atomic mass is 16.4. The molecule has 1 aliphatic rings. The fourth-order valence-corrected chi connectivity index (χ4v) is 1.60. The van der Waals surface area contributed by atoms with Crippen LogP contribution in [0, 0.1) is 0 Å². The predicted molar refractivity (Wildman–Crippen MR) is 52.9 cm³/mol. The molecule has 1 unspecified atom stereocenters. The SMILES string of the molecule is O=C(O)C1=CC(c2ccccc2)CN1. The number of aliphatic carboxylic acids is 1. The maximum Gasteiger partial charge on any atom is 0.351 e. The van der Waals surface area contributed by atoms with Gasteiger partial charge in [-0.2, -0.15) is 0 Å². The summed E-state index contributed by atoms with van der Waals surface area (Å²) in [6.45, 7) is 0.672. The maximum atomic E-state index is 10.6. The van der Waals surface area contributed by atoms with E-state index in [1.165, 1.54) is 0 Å². The first-order valence-electron chi connectivity index (χ1n) is 4.51. The summed E-state index contributed by atoms with van der Waals surface area (Å²) in [6, 6.07) is 9.89. The Morgan fingerprint density at radius 3 is 2.64 bits per heavy atom. The van der Waals surface area contributed by atoms with E-state index in [2.05, 4.69) is 5.32 Å². The molecule has 1 aliphatic heterocycles. The third-order valence-electron chi connectivity index (χ3n) is 2.34. The van der Waals surface area contributed by atoms with Crippen molar-refractivity contribution in [3.8, 4) is 0 Å². The molecule has 2 rings (SSSR count). The third-order valence-corrected chi connectivity index (χ3v) is 2.34. The van der Waals surface area contributed by atoms with Crippen LogP contribution in [-0.4, -0.2) is 17.6 Å². The van der Waals surface area contributed by atoms with E-state index in [-0.39, 0.29) is 5.92 Å². The first kappa shape index (κ1) is 8.81. The van der Waals surface area contributed by atoms with E-state index in [4.69, 9.17) is 5.11 Å². The average Bonchev–Trinajstić information content (AvgIpc) is 2.68. The summed E-state index contributed by atoms with van der Waals surface area (Å²) in [7, 11) is 0. The monoisotopic (exact) mass is 189 g/mol. The van der Waals surface area contributed by atoms with Crippen molar-refractivity contribution in [3.63, 3.8) is 0 Å². The smallest absolute Gasteiger partial charge is 0.351 e. The van der Waals surface area contributed by atoms with Crippen molar-refractivity contribution in [1.29, 1.82) is 0 Å². The minimum Gasteiger partial charge on any atom is -0.477 e. The molecule has 14 heavy (non-hydrogen) atoms. The van der Waals surface area contributed by atoms with Crippen LogP contribution >= 0.6 is 0 Å². The third kappa shape index (κ3) is 1.62. The summed E-state index contributed by atoms with van der Waals surface area (Å²) in [6.07, 6.45) is 1.76. The summed E-state index contributed by atoms with van der Waals surface area (Å²) in [5.41, 5.74) is 1.45. The van der Waals surface area contributed by atoms with Crippen molar-refractivity contribution in [2.24, 2.45) is 0 Å². The molecule has 0 spiro atoms. The molecule has 2 N–H and O–H groups in total. The van der Waals surface area contributed by atoms with Crippen molar-refractivity contribution in [3.05, 3.63) is 47.7 Å². The number of benzene rings is 1. The Hall–Kier alpha value is -1.77. The van der Waals surface area contributed by atoms with E-state index >= 15 is 0 Å². The lowest BCUT2D eigenvalue weighted by molar-refractivity contribution is -0.132. The fraction of sp³-hybridized carbons (Fsp3) is 0.182. The van der Waals surface area contributed by atoms with Gasteiger partial charge >= 0.3 is 5.97 Å². The normalized spacial score (nSPS) is 20.0. The molecule has 0 aliphatic carbocycles. The average molecular weight is 189 g/mol. The predicted octanol–water partition coefficient (Wildman–Crippen LogP) is 1.34. The van der Waals surface area contributed by atoms with Crippen LogP contribution in [0.3, 0.4) is 0 Å². The zero-order chi connectivity index (χ0) is 9.97. The van der Waals surface area contributed by atoms with Gasteiger partial charge in [-0.05, 0) is 11.6 Å². The minimum atomic E-state index is -0.886. The van der Waals surface area contributed by atoms with Gasteiger partial charge < -0.3 is 10.4 Å². The van der Waals surface area contributed by atoms with Gasteiger partial charge in [-0.25, -0.2) is 4.79 Å². The molecule has 1 aromatic rings. The molecule has 0 aromatic heterocycles. The Morgan fingerprint density at radius 1 is 1.36 bits per heavy atom. The highest BCUT2D eigenvalue weighted by Crippen LogP contribution is 2.21. The van der Waals surface area contributed by atoms with E-state index < -0.39 is 5.97 Å². The molecule has 3 heteroatoms. The number of nitrogens with one attached hydrogen (secondary N) is 1. The Labute approximate surface area is 82.1 Å². The van der Waals surface area contributed by atoms with Gasteiger partial charge in [0.15, 0.2) is 0 Å². The summed E-state index contributed by atoms with van der Waals surface area (Å²) in [5, 5.41) is 11.6. The Morgan fingerprint density at radius 2 is 2.07 bits per heavy atom. The molecule has 72 valence electrons. The van der Waals surface area contributed by atoms with Gasteiger partial charge in [0.1, 0.15) is 5.70 Å². The van der Waals surface area contributed by atoms with Crippen LogP contribution in [0.5, 0.6) is 0 Å². The van der Waals surface area contributed by atoms with Gasteiger partial charge in [-0.3, -0.25) is 0 Å². The van der Waals surface area contributed by atoms with E-state index in [9.17, 15) is 4.79 Å². The first-order valence-corrected chi connectivity index (χ1v) is 4.51. The Kier molecular flexibility index (Phi) is 2.23. The van der Waals surface area contributed by atoms with E-state index in [0.717, 1.165) is 5.56 Å². The minimum absolute atomic E-state index is 0.183. The summed E-state index contributed by atoms with van der Waals surface area (Å²) >= 11 is 0. The molecule has 3 nitrogen and oxygen atoms in total. The highest BCUT2D eigenvalue weighted by molar-refractivity contribution is 5.86. The number of hydrogen-bond acceptors (Lipinski definition) is 2. The van der Waals surface area contributed by atoms with Crippen molar-refractivity contribution in [1.82, 2.24) is 5.32 Å². The standard InChI is InChI=1S/C11H11NO2/c13-11(14)10-6-9(7-12-10)8-4-2-1-3-5-8/h1-6,9,12H,7H2,(H,13,14). The second-order valence-electron chi connectivity index (χ2n) is 3.28. The quantitative estimate of drug-likeness (QED) is 0.738. The zero-order valence-corrected chi connectivity index (χ0v) is 7.60. The number of rotatable bonds is 2. The summed E-state index contributed by atoms with van der Waals surface area (Å²) in [5.74, 6) is -0.703. The molecule has 1 aromatic carbocycles. The fourth-order valence-electron chi connectivity index (χ4n) is 1.60. The second kappa shape index (κ2) is 3.54. The van der Waals surface area contributed by atoms with Crippen LogP contribution in [0.2, 0.25) is 0 Å². The van der Waals surface area contributed by atoms with Crippen molar-refractivity contribution < 1.29 is 9.90 Å². The van der Waals surface area contributed by atoms with Gasteiger partial charge in [0.2, 0.25) is 0 Å². The molecular formula is C11H11NO2. The van der Waals surface area contributed by atoms with E-state index in [1.807, 2.05) is 30.3 Å². The number of carboxylic acids is 1. The van der Waals surface area contributed by atoms with Crippen LogP contribution in [0.4, 0.5) is 0 Å². The highest BCUT2D eigenvalue weighted by Gasteiger charge is 2.20. The molecular weight excluding hydrogens is 178 g/mol. The summed E-state index contributed by atoms with van der Waals surface area (Å²) < 4.78 is 0. The molecule has 0 radical (unpaired) electrons. The molecule has 0 fully saturated rings. The van der Waals surface area contributed by atoms with E-state index in [0.29, 0.717) is 12.2 Å². The van der Waals surface area contributed by atoms with Gasteiger partial charge in [-0.15, -0.1) is 0 Å². The first-order chi connectivity index (χ1) is 6.77. The molecule has 0 bridgehead atoms. The zero-order valence-electron chi connectivity index (χ0n) is 7.60. The van der Waals surface area contributed by atoms with Crippen LogP contribution in [0.25, 0.3) is 0 Å². The Balaban J connectivity index is 2.20. The van der Waals surface area contributed by atoms with Crippen molar-refractivity contribution >= 4 is 5.97 Å². The van der Waals surface area contributed by atoms with Crippen LogP contribution in [0.1, 0.15) is 11.5 Å². The number of carbonyl (C=O) groups is 1. The lowest BCUT2D eigenvalue weighted by Gasteiger charge is -2.05. The van der Waals surface area contributed by atoms with Crippen LogP contribution in [-0.2, 0) is 4.79 Å². The molecule has 1 heterocycles. The van der Waals surface area contributed by atoms with Gasteiger partial charge in [-0.1, -0.05) is 30.3 Å². The summed E-state index contributed by atoms with van der Waals surface area (Å²) in [4.78, 5) is 10.6. The van der Waals surface area contributed by atoms with Gasteiger partial charge in [0, 0.05) is 12.5 Å². The second-order valence-corrected chi connectivity index (χ2v) is 3.28. The topological polar surface area (TPSA) is 49.3 Å². The molecule has 0 saturated heterocycles. The molecule has 0 saturated carbocycles. The van der Waals surface area contributed by atoms with Crippen LogP contribution in [0.15, 0.2) is 42.1 Å². The van der Waals surface area contributed by atoms with Crippen molar-refractivity contribution in [2.45, 2.75) is 5.92 Å². The Bertz CT molecular complexity index is 370. The number of carboxylic acid groups (broad SMARTS) is 1. The lowest BCUT2D eigenvalue weighted by atomic mass is 10.0. The largest absolute Gasteiger partial charge is 0.477 e. The van der Waals surface area contributed by atoms with E-state index in [1.54, 1.807) is 6.08 Å². The number of hydrogen-bond donors (Lipinski definition) is 2. The van der Waals surface area contributed by atoms with Crippen molar-refractivity contribution in [2.75, 3.05) is 6.54 Å². The van der Waals surface area contributed by atoms with Crippen LogP contribution < -0.4 is 5.32 Å². The van der Waals surface area contributed by atoms with Gasteiger partial charge in [0.05, 0.1) is 0 Å². The molecule has 1 atom stereocenters.